The second kappa shape index (κ2) is 4.66. The van der Waals surface area contributed by atoms with Crippen molar-refractivity contribution in [3.8, 4) is 6.07 Å². The molecule has 0 aliphatic heterocycles. The maximum atomic E-state index is 12.1. The maximum Gasteiger partial charge on any atom is 1.00 e. The summed E-state index contributed by atoms with van der Waals surface area (Å²) in [6.45, 7) is -5.00. The van der Waals surface area contributed by atoms with Crippen LogP contribution in [0.15, 0.2) is 12.1 Å². The smallest absolute Gasteiger partial charge is 1.00 e. The average molecular weight is 213 g/mol. The fourth-order valence-electron chi connectivity index (χ4n) is 0.968. The minimum atomic E-state index is -5.00. The SMILES string of the molecule is Cn1c(C#N)ccc1[B-](F)(F)F.[H-].[K+]. The molecule has 0 radical (unpaired) electrons. The molecule has 0 aromatic carbocycles. The van der Waals surface area contributed by atoms with E-state index in [0.717, 1.165) is 16.7 Å². The van der Waals surface area contributed by atoms with Gasteiger partial charge in [0.05, 0.1) is 0 Å². The van der Waals surface area contributed by atoms with Crippen LogP contribution in [-0.4, -0.2) is 11.5 Å². The fourth-order valence-corrected chi connectivity index (χ4v) is 0.968. The summed E-state index contributed by atoms with van der Waals surface area (Å²) in [5, 5.41) is 8.37. The first kappa shape index (κ1) is 13.3. The fraction of sp³-hybridized carbons (Fsp3) is 0.167. The van der Waals surface area contributed by atoms with Crippen molar-refractivity contribution in [1.29, 1.82) is 5.26 Å². The molecule has 1 aromatic heterocycles. The summed E-state index contributed by atoms with van der Waals surface area (Å²) >= 11 is 0. The summed E-state index contributed by atoms with van der Waals surface area (Å²) in [6.07, 6.45) is 0. The van der Waals surface area contributed by atoms with Gasteiger partial charge in [0.25, 0.3) is 0 Å². The van der Waals surface area contributed by atoms with Crippen molar-refractivity contribution >= 4 is 12.6 Å². The number of rotatable bonds is 1. The van der Waals surface area contributed by atoms with Crippen molar-refractivity contribution in [3.05, 3.63) is 17.8 Å². The van der Waals surface area contributed by atoms with E-state index < -0.39 is 12.6 Å². The molecule has 0 fully saturated rings. The van der Waals surface area contributed by atoms with E-state index in [2.05, 4.69) is 0 Å². The van der Waals surface area contributed by atoms with Crippen LogP contribution in [0.25, 0.3) is 0 Å². The Kier molecular flexibility index (Phi) is 4.76. The molecule has 0 bridgehead atoms. The molecule has 1 aromatic rings. The van der Waals surface area contributed by atoms with Crippen molar-refractivity contribution in [3.63, 3.8) is 0 Å². The largest absolute Gasteiger partial charge is 1.00 e. The number of nitriles is 1. The van der Waals surface area contributed by atoms with E-state index in [1.54, 1.807) is 6.07 Å². The van der Waals surface area contributed by atoms with Crippen molar-refractivity contribution < 1.29 is 65.8 Å². The van der Waals surface area contributed by atoms with Crippen molar-refractivity contribution in [2.75, 3.05) is 0 Å². The van der Waals surface area contributed by atoms with Crippen LogP contribution in [-0.2, 0) is 7.05 Å². The first-order chi connectivity index (χ1) is 5.46. The standard InChI is InChI=1S/C6H5BF3N2.K.H/c1-12-5(4-11)2-3-6(12)7(8,9)10;;/h2-3H,1H3;;/q-1;+1;-1. The molecular weight excluding hydrogens is 207 g/mol. The number of aromatic nitrogens is 1. The normalized spacial score (nSPS) is 10.4. The van der Waals surface area contributed by atoms with Gasteiger partial charge < -0.3 is 18.9 Å². The van der Waals surface area contributed by atoms with Crippen LogP contribution >= 0.6 is 0 Å². The number of hydrogen-bond donors (Lipinski definition) is 0. The molecule has 0 amide bonds. The predicted octanol–water partition coefficient (Wildman–Crippen LogP) is -1.93. The zero-order valence-electron chi connectivity index (χ0n) is 8.26. The average Bonchev–Trinajstić information content (AvgIpc) is 2.29. The molecule has 0 spiro atoms. The van der Waals surface area contributed by atoms with Crippen LogP contribution in [0.3, 0.4) is 0 Å². The Labute approximate surface area is 118 Å². The van der Waals surface area contributed by atoms with Gasteiger partial charge in [0.1, 0.15) is 11.8 Å². The van der Waals surface area contributed by atoms with E-state index in [1.807, 2.05) is 0 Å². The van der Waals surface area contributed by atoms with Crippen LogP contribution < -0.4 is 57.0 Å². The van der Waals surface area contributed by atoms with Crippen molar-refractivity contribution in [2.24, 2.45) is 7.05 Å². The zero-order valence-corrected chi connectivity index (χ0v) is 10.4. The van der Waals surface area contributed by atoms with Gasteiger partial charge in [-0.2, -0.15) is 5.26 Å². The zero-order chi connectivity index (χ0) is 9.35. The third kappa shape index (κ3) is 2.86. The Morgan fingerprint density at radius 2 is 2.00 bits per heavy atom. The molecule has 0 saturated heterocycles. The summed E-state index contributed by atoms with van der Waals surface area (Å²) in [5.74, 6) is 0. The van der Waals surface area contributed by atoms with E-state index in [1.165, 1.54) is 7.05 Å². The molecule has 0 atom stereocenters. The molecule has 0 aliphatic carbocycles. The minimum absolute atomic E-state index is 0. The molecule has 0 aliphatic rings. The van der Waals surface area contributed by atoms with Crippen LogP contribution in [0.4, 0.5) is 12.9 Å². The van der Waals surface area contributed by atoms with Gasteiger partial charge in [-0.15, -0.1) is 0 Å². The molecule has 66 valence electrons. The van der Waals surface area contributed by atoms with Crippen LogP contribution in [0.5, 0.6) is 0 Å². The topological polar surface area (TPSA) is 28.7 Å². The van der Waals surface area contributed by atoms with Gasteiger partial charge in [0.2, 0.25) is 0 Å². The quantitative estimate of drug-likeness (QED) is 0.499. The second-order valence-corrected chi connectivity index (χ2v) is 2.39. The van der Waals surface area contributed by atoms with E-state index in [4.69, 9.17) is 5.26 Å². The second-order valence-electron chi connectivity index (χ2n) is 2.39. The van der Waals surface area contributed by atoms with E-state index in [-0.39, 0.29) is 58.5 Å². The van der Waals surface area contributed by atoms with E-state index in [0.29, 0.717) is 0 Å². The van der Waals surface area contributed by atoms with Gasteiger partial charge in [-0.25, -0.2) is 0 Å². The van der Waals surface area contributed by atoms with Crippen molar-refractivity contribution in [1.82, 2.24) is 4.57 Å². The number of nitrogens with zero attached hydrogens (tertiary/aromatic N) is 2. The van der Waals surface area contributed by atoms with Gasteiger partial charge in [0, 0.05) is 7.05 Å². The first-order valence-corrected chi connectivity index (χ1v) is 3.22. The Hall–Kier alpha value is 0.261. The molecule has 1 rings (SSSR count). The van der Waals surface area contributed by atoms with Gasteiger partial charge in [0.15, 0.2) is 0 Å². The molecule has 2 nitrogen and oxygen atoms in total. The van der Waals surface area contributed by atoms with Gasteiger partial charge in [-0.05, 0) is 11.7 Å². The molecule has 13 heavy (non-hydrogen) atoms. The summed E-state index contributed by atoms with van der Waals surface area (Å²) in [6, 6.07) is 3.73. The summed E-state index contributed by atoms with van der Waals surface area (Å²) < 4.78 is 37.2. The third-order valence-corrected chi connectivity index (χ3v) is 1.61. The summed E-state index contributed by atoms with van der Waals surface area (Å²) in [4.78, 5) is 0. The van der Waals surface area contributed by atoms with Crippen LogP contribution in [0.2, 0.25) is 0 Å². The molecule has 7 heteroatoms. The Balaban J connectivity index is 0. The third-order valence-electron chi connectivity index (χ3n) is 1.61. The molecule has 1 heterocycles. The number of halogens is 3. The van der Waals surface area contributed by atoms with Crippen LogP contribution in [0, 0.1) is 11.3 Å². The molecule has 0 saturated carbocycles. The first-order valence-electron chi connectivity index (χ1n) is 3.22. The molecule has 0 N–H and O–H groups in total. The number of hydrogen-bond acceptors (Lipinski definition) is 1. The molecular formula is C6H6BF3KN2-. The minimum Gasteiger partial charge on any atom is -1.00 e. The Morgan fingerprint density at radius 3 is 2.23 bits per heavy atom. The van der Waals surface area contributed by atoms with Gasteiger partial charge in [-0.1, -0.05) is 6.07 Å². The van der Waals surface area contributed by atoms with E-state index in [9.17, 15) is 12.9 Å². The summed E-state index contributed by atoms with van der Waals surface area (Å²) in [5.41, 5.74) is -0.726. The summed E-state index contributed by atoms with van der Waals surface area (Å²) in [7, 11) is 1.23. The van der Waals surface area contributed by atoms with E-state index >= 15 is 0 Å². The van der Waals surface area contributed by atoms with Gasteiger partial charge in [-0.3, -0.25) is 0 Å². The Bertz CT molecular complexity index is 344. The Morgan fingerprint density at radius 1 is 1.46 bits per heavy atom. The van der Waals surface area contributed by atoms with Crippen molar-refractivity contribution in [2.45, 2.75) is 0 Å². The predicted molar refractivity (Wildman–Crippen MR) is 40.0 cm³/mol. The maximum absolute atomic E-state index is 12.1. The van der Waals surface area contributed by atoms with Gasteiger partial charge >= 0.3 is 58.4 Å². The van der Waals surface area contributed by atoms with Crippen LogP contribution in [0.1, 0.15) is 7.12 Å². The monoisotopic (exact) mass is 213 g/mol. The molecule has 0 unspecified atom stereocenters.